The smallest absolute Gasteiger partial charge is 0.309 e. The third kappa shape index (κ3) is 11.5. The van der Waals surface area contributed by atoms with Crippen LogP contribution in [-0.2, 0) is 22.4 Å². The highest BCUT2D eigenvalue weighted by molar-refractivity contribution is 5.81. The molecule has 0 bridgehead atoms. The molecule has 0 heterocycles. The summed E-state index contributed by atoms with van der Waals surface area (Å²) < 4.78 is 0. The molecule has 0 aliphatic carbocycles. The number of carbonyl (C=O) groups is 2. The molecule has 1 rings (SSSR count). The first-order valence-corrected chi connectivity index (χ1v) is 11.9. The van der Waals surface area contributed by atoms with Gasteiger partial charge in [0, 0.05) is 5.41 Å². The molecule has 0 atom stereocenters. The van der Waals surface area contributed by atoms with Gasteiger partial charge in [-0.25, -0.2) is 0 Å². The SMILES string of the molecule is CC.CC(=O)C(C)(C)CCCCCc1ccc(CCCCCC(C)(C)C(=O)O)cc1. The van der Waals surface area contributed by atoms with E-state index in [4.69, 9.17) is 5.11 Å². The number of Topliss-reactive ketones (excluding diaryl/α,β-unsaturated/α-hetero) is 1. The number of hydrogen-bond acceptors (Lipinski definition) is 2. The van der Waals surface area contributed by atoms with Crippen LogP contribution in [0.1, 0.15) is 111 Å². The van der Waals surface area contributed by atoms with Crippen molar-refractivity contribution in [3.05, 3.63) is 35.4 Å². The molecule has 0 saturated heterocycles. The standard InChI is InChI=1S/C25H40O3.C2H6/c1-20(26)24(2,3)18-10-6-8-12-21-14-16-22(17-15-21)13-9-7-11-19-25(4,5)23(27)28;1-2/h14-17H,6-13,18-19H2,1-5H3,(H,27,28);1-2H3. The number of rotatable bonds is 14. The summed E-state index contributed by atoms with van der Waals surface area (Å²) in [6.07, 6.45) is 10.5. The average Bonchev–Trinajstić information content (AvgIpc) is 2.69. The lowest BCUT2D eigenvalue weighted by atomic mass is 9.83. The van der Waals surface area contributed by atoms with Gasteiger partial charge in [-0.3, -0.25) is 9.59 Å². The third-order valence-corrected chi connectivity index (χ3v) is 6.09. The van der Waals surface area contributed by atoms with Crippen LogP contribution in [-0.4, -0.2) is 16.9 Å². The Bertz CT molecular complexity index is 557. The Balaban J connectivity index is 0.00000407. The lowest BCUT2D eigenvalue weighted by molar-refractivity contribution is -0.147. The molecule has 172 valence electrons. The minimum absolute atomic E-state index is 0.176. The molecule has 3 nitrogen and oxygen atoms in total. The number of hydrogen-bond donors (Lipinski definition) is 1. The first kappa shape index (κ1) is 28.4. The van der Waals surface area contributed by atoms with Gasteiger partial charge >= 0.3 is 5.97 Å². The van der Waals surface area contributed by atoms with E-state index < -0.39 is 11.4 Å². The minimum Gasteiger partial charge on any atom is -0.481 e. The summed E-state index contributed by atoms with van der Waals surface area (Å²) >= 11 is 0. The fraction of sp³-hybridized carbons (Fsp3) is 0.704. The van der Waals surface area contributed by atoms with Crippen LogP contribution in [0.25, 0.3) is 0 Å². The monoisotopic (exact) mass is 418 g/mol. The molecular weight excluding hydrogens is 372 g/mol. The second-order valence-corrected chi connectivity index (χ2v) is 9.57. The first-order valence-electron chi connectivity index (χ1n) is 11.9. The van der Waals surface area contributed by atoms with Gasteiger partial charge in [0.1, 0.15) is 5.78 Å². The van der Waals surface area contributed by atoms with Crippen LogP contribution in [0.3, 0.4) is 0 Å². The minimum atomic E-state index is -0.703. The Morgan fingerprint density at radius 2 is 1.07 bits per heavy atom. The van der Waals surface area contributed by atoms with Crippen LogP contribution in [0, 0.1) is 10.8 Å². The van der Waals surface area contributed by atoms with Crippen LogP contribution >= 0.6 is 0 Å². The molecule has 1 aromatic rings. The molecule has 0 aromatic heterocycles. The number of ketones is 1. The summed E-state index contributed by atoms with van der Waals surface area (Å²) in [5.74, 6) is -0.417. The molecule has 30 heavy (non-hydrogen) atoms. The topological polar surface area (TPSA) is 54.4 Å². The normalized spacial score (nSPS) is 11.6. The molecule has 0 aliphatic heterocycles. The van der Waals surface area contributed by atoms with E-state index in [2.05, 4.69) is 24.3 Å². The van der Waals surface area contributed by atoms with Gasteiger partial charge in [-0.15, -0.1) is 0 Å². The number of carboxylic acids is 1. The number of carbonyl (C=O) groups excluding carboxylic acids is 1. The van der Waals surface area contributed by atoms with E-state index in [1.807, 2.05) is 27.7 Å². The van der Waals surface area contributed by atoms with Crippen LogP contribution in [0.5, 0.6) is 0 Å². The number of aryl methyl sites for hydroxylation is 2. The Hall–Kier alpha value is -1.64. The Morgan fingerprint density at radius 1 is 0.700 bits per heavy atom. The van der Waals surface area contributed by atoms with Gasteiger partial charge in [-0.05, 0) is 70.4 Å². The van der Waals surface area contributed by atoms with Crippen molar-refractivity contribution >= 4 is 11.8 Å². The van der Waals surface area contributed by atoms with E-state index in [-0.39, 0.29) is 11.2 Å². The highest BCUT2D eigenvalue weighted by Gasteiger charge is 2.26. The molecule has 0 amide bonds. The van der Waals surface area contributed by atoms with Gasteiger partial charge in [-0.1, -0.05) is 77.6 Å². The van der Waals surface area contributed by atoms with Crippen molar-refractivity contribution < 1.29 is 14.7 Å². The van der Waals surface area contributed by atoms with Gasteiger partial charge in [0.25, 0.3) is 0 Å². The third-order valence-electron chi connectivity index (χ3n) is 6.09. The molecule has 1 N–H and O–H groups in total. The average molecular weight is 419 g/mol. The van der Waals surface area contributed by atoms with Crippen molar-refractivity contribution in [1.29, 1.82) is 0 Å². The Morgan fingerprint density at radius 3 is 1.40 bits per heavy atom. The molecule has 0 radical (unpaired) electrons. The zero-order chi connectivity index (χ0) is 23.2. The Kier molecular flexibility index (Phi) is 13.6. The summed E-state index contributed by atoms with van der Waals surface area (Å²) in [7, 11) is 0. The lowest BCUT2D eigenvalue weighted by Crippen LogP contribution is -2.23. The largest absolute Gasteiger partial charge is 0.481 e. The van der Waals surface area contributed by atoms with Gasteiger partial charge in [0.05, 0.1) is 5.41 Å². The fourth-order valence-electron chi connectivity index (χ4n) is 3.30. The second kappa shape index (κ2) is 14.4. The van der Waals surface area contributed by atoms with E-state index in [0.717, 1.165) is 51.4 Å². The summed E-state index contributed by atoms with van der Waals surface area (Å²) in [5, 5.41) is 9.14. The lowest BCUT2D eigenvalue weighted by Gasteiger charge is -2.20. The van der Waals surface area contributed by atoms with E-state index >= 15 is 0 Å². The van der Waals surface area contributed by atoms with Crippen molar-refractivity contribution in [3.8, 4) is 0 Å². The number of unbranched alkanes of at least 4 members (excludes halogenated alkanes) is 4. The number of aliphatic carboxylic acids is 1. The van der Waals surface area contributed by atoms with Crippen LogP contribution in [0.15, 0.2) is 24.3 Å². The molecule has 1 aromatic carbocycles. The first-order chi connectivity index (χ1) is 14.0. The van der Waals surface area contributed by atoms with Crippen LogP contribution in [0.2, 0.25) is 0 Å². The van der Waals surface area contributed by atoms with Gasteiger partial charge < -0.3 is 5.11 Å². The van der Waals surface area contributed by atoms with E-state index in [1.54, 1.807) is 20.8 Å². The second-order valence-electron chi connectivity index (χ2n) is 9.57. The highest BCUT2D eigenvalue weighted by atomic mass is 16.4. The van der Waals surface area contributed by atoms with E-state index in [0.29, 0.717) is 0 Å². The molecule has 0 saturated carbocycles. The van der Waals surface area contributed by atoms with Crippen molar-refractivity contribution in [2.45, 2.75) is 113 Å². The van der Waals surface area contributed by atoms with Crippen LogP contribution in [0.4, 0.5) is 0 Å². The zero-order valence-electron chi connectivity index (χ0n) is 20.6. The van der Waals surface area contributed by atoms with Crippen LogP contribution < -0.4 is 0 Å². The molecule has 0 spiro atoms. The molecule has 0 unspecified atom stereocenters. The predicted molar refractivity (Wildman–Crippen MR) is 128 cm³/mol. The number of carboxylic acid groups (broad SMARTS) is 1. The van der Waals surface area contributed by atoms with Crippen molar-refractivity contribution in [2.24, 2.45) is 10.8 Å². The highest BCUT2D eigenvalue weighted by Crippen LogP contribution is 2.25. The summed E-state index contributed by atoms with van der Waals surface area (Å²) in [4.78, 5) is 22.6. The maximum atomic E-state index is 11.5. The van der Waals surface area contributed by atoms with Crippen molar-refractivity contribution in [2.75, 3.05) is 0 Å². The molecule has 0 fully saturated rings. The van der Waals surface area contributed by atoms with Gasteiger partial charge in [0.2, 0.25) is 0 Å². The van der Waals surface area contributed by atoms with Crippen molar-refractivity contribution in [3.63, 3.8) is 0 Å². The quantitative estimate of drug-likeness (QED) is 0.316. The summed E-state index contributed by atoms with van der Waals surface area (Å²) in [5.41, 5.74) is 1.97. The maximum absolute atomic E-state index is 11.5. The zero-order valence-corrected chi connectivity index (χ0v) is 20.6. The summed E-state index contributed by atoms with van der Waals surface area (Å²) in [6.45, 7) is 13.4. The van der Waals surface area contributed by atoms with Gasteiger partial charge in [-0.2, -0.15) is 0 Å². The molecule has 0 aliphatic rings. The van der Waals surface area contributed by atoms with Gasteiger partial charge in [0.15, 0.2) is 0 Å². The maximum Gasteiger partial charge on any atom is 0.309 e. The van der Waals surface area contributed by atoms with E-state index in [1.165, 1.54) is 24.0 Å². The van der Waals surface area contributed by atoms with Crippen molar-refractivity contribution in [1.82, 2.24) is 0 Å². The predicted octanol–water partition coefficient (Wildman–Crippen LogP) is 7.64. The van der Waals surface area contributed by atoms with E-state index in [9.17, 15) is 9.59 Å². The molecular formula is C27H46O3. The summed E-state index contributed by atoms with van der Waals surface area (Å²) in [6, 6.07) is 8.94. The number of benzene rings is 1. The fourth-order valence-corrected chi connectivity index (χ4v) is 3.30. The molecule has 3 heteroatoms. The Labute approximate surface area is 185 Å².